The highest BCUT2D eigenvalue weighted by atomic mass is 35.5. The van der Waals surface area contributed by atoms with Crippen LogP contribution in [0.15, 0.2) is 24.3 Å². The fourth-order valence-electron chi connectivity index (χ4n) is 1.69. The second kappa shape index (κ2) is 8.17. The van der Waals surface area contributed by atoms with Crippen molar-refractivity contribution in [3.63, 3.8) is 0 Å². The molecule has 0 aliphatic rings. The Kier molecular flexibility index (Phi) is 6.88. The molecule has 20 heavy (non-hydrogen) atoms. The Morgan fingerprint density at radius 3 is 2.55 bits per heavy atom. The summed E-state index contributed by atoms with van der Waals surface area (Å²) in [5, 5.41) is 3.14. The zero-order valence-corrected chi connectivity index (χ0v) is 13.4. The lowest BCUT2D eigenvalue weighted by atomic mass is 10.1. The summed E-state index contributed by atoms with van der Waals surface area (Å²) in [6, 6.07) is 6.27. The minimum atomic E-state index is -0.527. The lowest BCUT2D eigenvalue weighted by molar-refractivity contribution is -0.130. The molecule has 4 nitrogen and oxygen atoms in total. The Morgan fingerprint density at radius 1 is 1.35 bits per heavy atom. The average molecular weight is 315 g/mol. The van der Waals surface area contributed by atoms with E-state index < -0.39 is 6.04 Å². The number of likely N-dealkylation sites (N-methyl/N-ethyl adjacent to an activating group) is 1. The number of nitrogens with zero attached hydrogens (tertiary/aromatic N) is 1. The lowest BCUT2D eigenvalue weighted by Gasteiger charge is -2.21. The highest BCUT2D eigenvalue weighted by Crippen LogP contribution is 2.15. The number of nitrogens with one attached hydrogen (secondary N) is 1. The third-order valence-corrected chi connectivity index (χ3v) is 3.75. The van der Waals surface area contributed by atoms with Crippen LogP contribution in [0, 0.1) is 0 Å². The van der Waals surface area contributed by atoms with Crippen LogP contribution in [0.3, 0.4) is 0 Å². The van der Waals surface area contributed by atoms with Crippen molar-refractivity contribution in [1.82, 2.24) is 10.2 Å². The first-order valence-electron chi connectivity index (χ1n) is 6.23. The normalized spacial score (nSPS) is 11.8. The van der Waals surface area contributed by atoms with Gasteiger partial charge in [0.1, 0.15) is 6.04 Å². The van der Waals surface area contributed by atoms with E-state index in [2.05, 4.69) is 5.32 Å². The van der Waals surface area contributed by atoms with E-state index in [1.807, 2.05) is 6.26 Å². The van der Waals surface area contributed by atoms with Crippen molar-refractivity contribution >= 4 is 35.2 Å². The third-order valence-electron chi connectivity index (χ3n) is 2.77. The lowest BCUT2D eigenvalue weighted by Crippen LogP contribution is -2.46. The Morgan fingerprint density at radius 2 is 2.00 bits per heavy atom. The Balaban J connectivity index is 2.81. The van der Waals surface area contributed by atoms with Crippen LogP contribution in [0.1, 0.15) is 16.8 Å². The van der Waals surface area contributed by atoms with Crippen LogP contribution in [0.4, 0.5) is 0 Å². The van der Waals surface area contributed by atoms with Crippen LogP contribution in [0.25, 0.3) is 0 Å². The first-order chi connectivity index (χ1) is 9.47. The van der Waals surface area contributed by atoms with Crippen molar-refractivity contribution < 1.29 is 9.59 Å². The van der Waals surface area contributed by atoms with Gasteiger partial charge < -0.3 is 10.2 Å². The molecule has 1 atom stereocenters. The Hall–Kier alpha value is -1.20. The maximum atomic E-state index is 12.2. The molecular formula is C14H19ClN2O2S. The largest absolute Gasteiger partial charge is 0.347 e. The van der Waals surface area contributed by atoms with Gasteiger partial charge in [0.15, 0.2) is 0 Å². The maximum Gasteiger partial charge on any atom is 0.253 e. The maximum absolute atomic E-state index is 12.2. The van der Waals surface area contributed by atoms with Gasteiger partial charge in [-0.15, -0.1) is 0 Å². The molecule has 0 aliphatic carbocycles. The van der Waals surface area contributed by atoms with Crippen LogP contribution in [-0.2, 0) is 4.79 Å². The number of rotatable bonds is 6. The second-order valence-corrected chi connectivity index (χ2v) is 5.91. The molecule has 6 heteroatoms. The SMILES string of the molecule is CSCCC(NC(=O)c1ccccc1Cl)C(=O)N(C)C. The minimum Gasteiger partial charge on any atom is -0.347 e. The fraction of sp³-hybridized carbons (Fsp3) is 0.429. The molecule has 0 saturated carbocycles. The number of benzene rings is 1. The molecule has 110 valence electrons. The number of hydrogen-bond donors (Lipinski definition) is 1. The molecule has 2 amide bonds. The van der Waals surface area contributed by atoms with Gasteiger partial charge in [0.2, 0.25) is 5.91 Å². The number of thioether (sulfide) groups is 1. The number of hydrogen-bond acceptors (Lipinski definition) is 3. The molecule has 0 fully saturated rings. The van der Waals surface area contributed by atoms with Crippen LogP contribution in [0.2, 0.25) is 5.02 Å². The summed E-state index contributed by atoms with van der Waals surface area (Å²) in [7, 11) is 3.35. The molecule has 1 N–H and O–H groups in total. The van der Waals surface area contributed by atoms with E-state index in [9.17, 15) is 9.59 Å². The summed E-state index contributed by atoms with van der Waals surface area (Å²) in [5.74, 6) is 0.365. The summed E-state index contributed by atoms with van der Waals surface area (Å²) in [6.07, 6.45) is 2.56. The molecule has 0 bridgehead atoms. The van der Waals surface area contributed by atoms with Gasteiger partial charge in [-0.2, -0.15) is 11.8 Å². The van der Waals surface area contributed by atoms with Gasteiger partial charge in [-0.1, -0.05) is 23.7 Å². The summed E-state index contributed by atoms with van der Waals surface area (Å²) >= 11 is 7.63. The summed E-state index contributed by atoms with van der Waals surface area (Å²) in [6.45, 7) is 0. The van der Waals surface area contributed by atoms with Crippen molar-refractivity contribution in [3.8, 4) is 0 Å². The zero-order valence-electron chi connectivity index (χ0n) is 11.9. The molecule has 1 aromatic rings. The molecule has 0 aliphatic heterocycles. The molecule has 0 saturated heterocycles. The Labute approximate surface area is 128 Å². The van der Waals surface area contributed by atoms with Gasteiger partial charge >= 0.3 is 0 Å². The van der Waals surface area contributed by atoms with E-state index in [4.69, 9.17) is 11.6 Å². The van der Waals surface area contributed by atoms with Gasteiger partial charge in [0, 0.05) is 14.1 Å². The predicted octanol–water partition coefficient (Wildman–Crippen LogP) is 2.28. The molecule has 0 spiro atoms. The van der Waals surface area contributed by atoms with Crippen LogP contribution < -0.4 is 5.32 Å². The molecule has 0 aromatic heterocycles. The summed E-state index contributed by atoms with van der Waals surface area (Å²) in [4.78, 5) is 25.7. The van der Waals surface area contributed by atoms with E-state index >= 15 is 0 Å². The molecule has 0 heterocycles. The highest BCUT2D eigenvalue weighted by molar-refractivity contribution is 7.98. The highest BCUT2D eigenvalue weighted by Gasteiger charge is 2.23. The molecule has 1 aromatic carbocycles. The summed E-state index contributed by atoms with van der Waals surface area (Å²) in [5.41, 5.74) is 0.384. The smallest absolute Gasteiger partial charge is 0.253 e. The van der Waals surface area contributed by atoms with Gasteiger partial charge in [0.25, 0.3) is 5.91 Å². The first-order valence-corrected chi connectivity index (χ1v) is 8.00. The number of halogens is 1. The topological polar surface area (TPSA) is 49.4 Å². The van der Waals surface area contributed by atoms with Crippen LogP contribution >= 0.6 is 23.4 Å². The number of amides is 2. The van der Waals surface area contributed by atoms with Crippen molar-refractivity contribution in [2.75, 3.05) is 26.1 Å². The van der Waals surface area contributed by atoms with E-state index in [-0.39, 0.29) is 11.8 Å². The van der Waals surface area contributed by atoms with Gasteiger partial charge in [-0.3, -0.25) is 9.59 Å². The molecular weight excluding hydrogens is 296 g/mol. The van der Waals surface area contributed by atoms with Crippen LogP contribution in [0.5, 0.6) is 0 Å². The summed E-state index contributed by atoms with van der Waals surface area (Å²) < 4.78 is 0. The van der Waals surface area contributed by atoms with Gasteiger partial charge in [-0.05, 0) is 30.6 Å². The molecule has 1 rings (SSSR count). The van der Waals surface area contributed by atoms with Gasteiger partial charge in [-0.25, -0.2) is 0 Å². The Bertz CT molecular complexity index is 480. The van der Waals surface area contributed by atoms with Crippen LogP contribution in [-0.4, -0.2) is 48.9 Å². The monoisotopic (exact) mass is 314 g/mol. The zero-order chi connectivity index (χ0) is 15.1. The first kappa shape index (κ1) is 16.9. The standard InChI is InChI=1S/C14H19ClN2O2S/c1-17(2)14(19)12(8-9-20-3)16-13(18)10-6-4-5-7-11(10)15/h4-7,12H,8-9H2,1-3H3,(H,16,18). The quantitative estimate of drug-likeness (QED) is 0.876. The van der Waals surface area contributed by atoms with E-state index in [0.717, 1.165) is 5.75 Å². The third kappa shape index (κ3) is 4.72. The van der Waals surface area contributed by atoms with E-state index in [1.54, 1.807) is 50.1 Å². The van der Waals surface area contributed by atoms with Gasteiger partial charge in [0.05, 0.1) is 10.6 Å². The predicted molar refractivity (Wildman–Crippen MR) is 84.4 cm³/mol. The van der Waals surface area contributed by atoms with Crippen molar-refractivity contribution in [2.24, 2.45) is 0 Å². The number of carbonyl (C=O) groups excluding carboxylic acids is 2. The fourth-order valence-corrected chi connectivity index (χ4v) is 2.38. The number of carbonyl (C=O) groups is 2. The van der Waals surface area contributed by atoms with E-state index in [0.29, 0.717) is 17.0 Å². The average Bonchev–Trinajstić information content (AvgIpc) is 2.42. The second-order valence-electron chi connectivity index (χ2n) is 4.52. The molecule has 0 radical (unpaired) electrons. The van der Waals surface area contributed by atoms with Crippen molar-refractivity contribution in [3.05, 3.63) is 34.9 Å². The molecule has 1 unspecified atom stereocenters. The van der Waals surface area contributed by atoms with E-state index in [1.165, 1.54) is 4.90 Å². The minimum absolute atomic E-state index is 0.112. The van der Waals surface area contributed by atoms with Crippen molar-refractivity contribution in [2.45, 2.75) is 12.5 Å². The van der Waals surface area contributed by atoms with Crippen molar-refractivity contribution in [1.29, 1.82) is 0 Å².